The lowest BCUT2D eigenvalue weighted by atomic mass is 10.0. The molecule has 1 N–H and O–H groups in total. The van der Waals surface area contributed by atoms with Crippen LogP contribution in [0.25, 0.3) is 11.0 Å². The Bertz CT molecular complexity index is 1090. The molecule has 3 heterocycles. The number of benzene rings is 1. The highest BCUT2D eigenvalue weighted by Gasteiger charge is 2.23. The molecule has 0 unspecified atom stereocenters. The number of hydrogen-bond donors (Lipinski definition) is 1. The average molecular weight is 405 g/mol. The van der Waals surface area contributed by atoms with Crippen molar-refractivity contribution in [3.8, 4) is 0 Å². The summed E-state index contributed by atoms with van der Waals surface area (Å²) < 4.78 is 2.17. The zero-order valence-corrected chi connectivity index (χ0v) is 17.4. The molecule has 29 heavy (non-hydrogen) atoms. The minimum Gasteiger partial charge on any atom is -0.344 e. The number of carbonyl (C=O) groups excluding carboxylic acids is 1. The van der Waals surface area contributed by atoms with Crippen LogP contribution in [0.4, 0.5) is 0 Å². The summed E-state index contributed by atoms with van der Waals surface area (Å²) in [7, 11) is 0. The van der Waals surface area contributed by atoms with Gasteiger partial charge in [0.25, 0.3) is 0 Å². The molecule has 2 atom stereocenters. The molecule has 0 radical (unpaired) electrons. The number of amides is 1. The van der Waals surface area contributed by atoms with E-state index in [9.17, 15) is 4.79 Å². The fourth-order valence-electron chi connectivity index (χ4n) is 3.57. The van der Waals surface area contributed by atoms with Crippen LogP contribution in [0.3, 0.4) is 0 Å². The molecule has 0 aliphatic carbocycles. The van der Waals surface area contributed by atoms with Gasteiger partial charge in [0.2, 0.25) is 5.91 Å². The number of fused-ring (bicyclic) bond motifs is 1. The summed E-state index contributed by atoms with van der Waals surface area (Å²) in [5.74, 6) is 0.844. The molecule has 0 saturated heterocycles. The Morgan fingerprint density at radius 3 is 2.66 bits per heavy atom. The first kappa shape index (κ1) is 19.3. The molecule has 0 spiro atoms. The molecule has 0 aliphatic heterocycles. The Morgan fingerprint density at radius 2 is 1.93 bits per heavy atom. The van der Waals surface area contributed by atoms with Gasteiger partial charge in [-0.05, 0) is 41.3 Å². The van der Waals surface area contributed by atoms with Crippen molar-refractivity contribution in [2.45, 2.75) is 32.9 Å². The van der Waals surface area contributed by atoms with Crippen LogP contribution in [0.15, 0.2) is 66.3 Å². The van der Waals surface area contributed by atoms with Crippen molar-refractivity contribution >= 4 is 28.3 Å². The standard InChI is InChI=1S/C23H24N4OS/c1-3-21-25-18-7-4-5-8-19(18)27(21)15-16(2)23(28)26-22(20-9-6-14-29-20)17-10-12-24-13-11-17/h4-14,16,22H,3,15H2,1-2H3,(H,26,28)/t16-,22-/m0/s1. The van der Waals surface area contributed by atoms with Gasteiger partial charge in [0, 0.05) is 30.2 Å². The predicted molar refractivity (Wildman–Crippen MR) is 117 cm³/mol. The van der Waals surface area contributed by atoms with Crippen molar-refractivity contribution in [1.29, 1.82) is 0 Å². The summed E-state index contributed by atoms with van der Waals surface area (Å²) in [5, 5.41) is 5.28. The maximum Gasteiger partial charge on any atom is 0.225 e. The van der Waals surface area contributed by atoms with Crippen molar-refractivity contribution in [3.63, 3.8) is 0 Å². The van der Waals surface area contributed by atoms with Crippen LogP contribution >= 0.6 is 11.3 Å². The number of carbonyl (C=O) groups is 1. The lowest BCUT2D eigenvalue weighted by Gasteiger charge is -2.21. The Labute approximate surface area is 174 Å². The van der Waals surface area contributed by atoms with Crippen molar-refractivity contribution in [1.82, 2.24) is 19.9 Å². The molecule has 148 valence electrons. The molecular weight excluding hydrogens is 380 g/mol. The molecule has 1 aromatic carbocycles. The number of aryl methyl sites for hydroxylation is 1. The quantitative estimate of drug-likeness (QED) is 0.490. The van der Waals surface area contributed by atoms with E-state index in [-0.39, 0.29) is 17.9 Å². The molecule has 5 nitrogen and oxygen atoms in total. The molecular formula is C23H24N4OS. The van der Waals surface area contributed by atoms with Gasteiger partial charge in [-0.1, -0.05) is 32.0 Å². The number of aromatic nitrogens is 3. The molecule has 0 fully saturated rings. The number of hydrogen-bond acceptors (Lipinski definition) is 4. The normalized spacial score (nSPS) is 13.3. The first-order chi connectivity index (χ1) is 14.2. The topological polar surface area (TPSA) is 59.8 Å². The maximum absolute atomic E-state index is 13.1. The molecule has 4 aromatic rings. The van der Waals surface area contributed by atoms with Crippen LogP contribution in [0.5, 0.6) is 0 Å². The fraction of sp³-hybridized carbons (Fsp3) is 0.261. The van der Waals surface area contributed by atoms with Gasteiger partial charge in [0.1, 0.15) is 5.82 Å². The Morgan fingerprint density at radius 1 is 1.14 bits per heavy atom. The third-order valence-corrected chi connectivity index (χ3v) is 6.04. The second kappa shape index (κ2) is 8.57. The minimum atomic E-state index is -0.192. The largest absolute Gasteiger partial charge is 0.344 e. The number of rotatable bonds is 7. The second-order valence-electron chi connectivity index (χ2n) is 7.12. The van der Waals surface area contributed by atoms with Crippen LogP contribution in [-0.4, -0.2) is 20.4 Å². The van der Waals surface area contributed by atoms with Gasteiger partial charge < -0.3 is 9.88 Å². The lowest BCUT2D eigenvalue weighted by Crippen LogP contribution is -2.35. The number of pyridine rings is 1. The van der Waals surface area contributed by atoms with E-state index in [4.69, 9.17) is 4.98 Å². The summed E-state index contributed by atoms with van der Waals surface area (Å²) >= 11 is 1.64. The van der Waals surface area contributed by atoms with Gasteiger partial charge in [-0.3, -0.25) is 9.78 Å². The van der Waals surface area contributed by atoms with E-state index in [0.717, 1.165) is 33.7 Å². The smallest absolute Gasteiger partial charge is 0.225 e. The Balaban J connectivity index is 1.56. The molecule has 0 aliphatic rings. The van der Waals surface area contributed by atoms with Gasteiger partial charge in [0.05, 0.1) is 23.0 Å². The van der Waals surface area contributed by atoms with E-state index in [1.54, 1.807) is 23.7 Å². The van der Waals surface area contributed by atoms with Crippen molar-refractivity contribution < 1.29 is 4.79 Å². The van der Waals surface area contributed by atoms with Crippen molar-refractivity contribution in [2.75, 3.05) is 0 Å². The average Bonchev–Trinajstić information content (AvgIpc) is 3.41. The van der Waals surface area contributed by atoms with Crippen LogP contribution in [-0.2, 0) is 17.8 Å². The van der Waals surface area contributed by atoms with E-state index in [1.165, 1.54) is 0 Å². The first-order valence-electron chi connectivity index (χ1n) is 9.85. The Kier molecular flexibility index (Phi) is 5.71. The van der Waals surface area contributed by atoms with E-state index in [0.29, 0.717) is 6.54 Å². The summed E-state index contributed by atoms with van der Waals surface area (Å²) in [6, 6.07) is 15.9. The van der Waals surface area contributed by atoms with Gasteiger partial charge in [0.15, 0.2) is 0 Å². The van der Waals surface area contributed by atoms with Crippen LogP contribution in [0.2, 0.25) is 0 Å². The minimum absolute atomic E-state index is 0.0278. The van der Waals surface area contributed by atoms with Gasteiger partial charge in [-0.25, -0.2) is 4.98 Å². The number of nitrogens with zero attached hydrogens (tertiary/aromatic N) is 3. The highest BCUT2D eigenvalue weighted by atomic mass is 32.1. The van der Waals surface area contributed by atoms with E-state index in [2.05, 4.69) is 33.9 Å². The molecule has 3 aromatic heterocycles. The third-order valence-electron chi connectivity index (χ3n) is 5.11. The SMILES string of the molecule is CCc1nc2ccccc2n1C[C@H](C)C(=O)N[C@@H](c1ccncc1)c1cccs1. The van der Waals surface area contributed by atoms with Crippen molar-refractivity contribution in [3.05, 3.63) is 82.6 Å². The van der Waals surface area contributed by atoms with Crippen LogP contribution < -0.4 is 5.32 Å². The van der Waals surface area contributed by atoms with Crippen molar-refractivity contribution in [2.24, 2.45) is 5.92 Å². The summed E-state index contributed by atoms with van der Waals surface area (Å²) in [5.41, 5.74) is 3.09. The number of imidazole rings is 1. The zero-order valence-electron chi connectivity index (χ0n) is 16.6. The molecule has 6 heteroatoms. The van der Waals surface area contributed by atoms with Crippen LogP contribution in [0, 0.1) is 5.92 Å². The Hall–Kier alpha value is -2.99. The predicted octanol–water partition coefficient (Wildman–Crippen LogP) is 4.60. The van der Waals surface area contributed by atoms with E-state index in [1.807, 2.05) is 48.7 Å². The van der Waals surface area contributed by atoms with E-state index >= 15 is 0 Å². The second-order valence-corrected chi connectivity index (χ2v) is 8.10. The van der Waals surface area contributed by atoms with Gasteiger partial charge in [-0.15, -0.1) is 11.3 Å². The lowest BCUT2D eigenvalue weighted by molar-refractivity contribution is -0.125. The maximum atomic E-state index is 13.1. The summed E-state index contributed by atoms with van der Waals surface area (Å²) in [4.78, 5) is 23.1. The third kappa shape index (κ3) is 4.07. The number of para-hydroxylation sites is 2. The summed E-state index contributed by atoms with van der Waals surface area (Å²) in [6.45, 7) is 4.67. The van der Waals surface area contributed by atoms with Crippen LogP contribution in [0.1, 0.15) is 36.2 Å². The monoisotopic (exact) mass is 404 g/mol. The molecule has 1 amide bonds. The first-order valence-corrected chi connectivity index (χ1v) is 10.7. The van der Waals surface area contributed by atoms with E-state index < -0.39 is 0 Å². The molecule has 4 rings (SSSR count). The molecule has 0 bridgehead atoms. The number of nitrogens with one attached hydrogen (secondary N) is 1. The molecule has 0 saturated carbocycles. The highest BCUT2D eigenvalue weighted by Crippen LogP contribution is 2.26. The zero-order chi connectivity index (χ0) is 20.2. The highest BCUT2D eigenvalue weighted by molar-refractivity contribution is 7.10. The van der Waals surface area contributed by atoms with Gasteiger partial charge in [-0.2, -0.15) is 0 Å². The van der Waals surface area contributed by atoms with Gasteiger partial charge >= 0.3 is 0 Å². The number of thiophene rings is 1. The fourth-order valence-corrected chi connectivity index (χ4v) is 4.37. The summed E-state index contributed by atoms with van der Waals surface area (Å²) in [6.07, 6.45) is 4.35.